The number of carbonyl (C=O) groups is 2. The number of nitrogens with one attached hydrogen (secondary N) is 1. The number of anilines is 1. The first kappa shape index (κ1) is 13.9. The summed E-state index contributed by atoms with van der Waals surface area (Å²) in [6.45, 7) is -0.276. The number of halogens is 2. The Labute approximate surface area is 117 Å². The Bertz CT molecular complexity index is 550. The number of carbonyl (C=O) groups excluding carboxylic acids is 2. The fraction of sp³-hybridized carbons (Fsp3) is 0.182. The number of hydrogen-bond donors (Lipinski definition) is 1. The molecular weight excluding hydrogens is 294 g/mol. The van der Waals surface area contributed by atoms with Gasteiger partial charge in [0.05, 0.1) is 11.4 Å². The molecule has 0 saturated carbocycles. The minimum absolute atomic E-state index is 0.142. The van der Waals surface area contributed by atoms with Gasteiger partial charge in [0, 0.05) is 6.07 Å². The van der Waals surface area contributed by atoms with Crippen molar-refractivity contribution in [3.8, 4) is 0 Å². The molecule has 1 fully saturated rings. The number of thiocarbonyl (C=S) groups is 1. The Hall–Kier alpha value is -1.54. The monoisotopic (exact) mass is 302 g/mol. The van der Waals surface area contributed by atoms with E-state index in [1.54, 1.807) is 0 Å². The van der Waals surface area contributed by atoms with Crippen molar-refractivity contribution < 1.29 is 18.4 Å². The lowest BCUT2D eigenvalue weighted by atomic mass is 10.3. The molecule has 0 aromatic heterocycles. The van der Waals surface area contributed by atoms with Gasteiger partial charge in [-0.05, 0) is 12.1 Å². The van der Waals surface area contributed by atoms with E-state index in [0.29, 0.717) is 10.4 Å². The molecule has 1 aliphatic rings. The van der Waals surface area contributed by atoms with Crippen molar-refractivity contribution >= 4 is 45.8 Å². The molecule has 2 amide bonds. The second kappa shape index (κ2) is 5.62. The molecule has 0 radical (unpaired) electrons. The van der Waals surface area contributed by atoms with E-state index in [1.165, 1.54) is 11.8 Å². The predicted octanol–water partition coefficient (Wildman–Crippen LogP) is 1.76. The van der Waals surface area contributed by atoms with Crippen molar-refractivity contribution in [3.63, 3.8) is 0 Å². The molecule has 4 nitrogen and oxygen atoms in total. The summed E-state index contributed by atoms with van der Waals surface area (Å²) in [4.78, 5) is 24.2. The molecule has 1 N–H and O–H groups in total. The Morgan fingerprint density at radius 1 is 1.47 bits per heavy atom. The van der Waals surface area contributed by atoms with Crippen LogP contribution < -0.4 is 5.32 Å². The van der Waals surface area contributed by atoms with Crippen LogP contribution in [0.15, 0.2) is 18.2 Å². The van der Waals surface area contributed by atoms with Crippen molar-refractivity contribution in [1.82, 2.24) is 4.90 Å². The highest BCUT2D eigenvalue weighted by Crippen LogP contribution is 2.19. The minimum Gasteiger partial charge on any atom is -0.322 e. The number of rotatable bonds is 3. The first-order valence-corrected chi connectivity index (χ1v) is 6.59. The SMILES string of the molecule is O=C(CN1C(=O)CSC1=S)Nc1ccc(F)cc1F. The summed E-state index contributed by atoms with van der Waals surface area (Å²) in [5.41, 5.74) is -0.142. The van der Waals surface area contributed by atoms with Crippen molar-refractivity contribution in [1.29, 1.82) is 0 Å². The minimum atomic E-state index is -0.877. The zero-order chi connectivity index (χ0) is 14.0. The van der Waals surface area contributed by atoms with E-state index in [1.807, 2.05) is 0 Å². The lowest BCUT2D eigenvalue weighted by Crippen LogP contribution is -2.36. The van der Waals surface area contributed by atoms with Crippen LogP contribution in [-0.4, -0.2) is 33.3 Å². The fourth-order valence-electron chi connectivity index (χ4n) is 1.46. The smallest absolute Gasteiger partial charge is 0.244 e. The van der Waals surface area contributed by atoms with Crippen LogP contribution in [0.4, 0.5) is 14.5 Å². The summed E-state index contributed by atoms with van der Waals surface area (Å²) in [6.07, 6.45) is 0. The highest BCUT2D eigenvalue weighted by Gasteiger charge is 2.28. The molecule has 19 heavy (non-hydrogen) atoms. The summed E-state index contributed by atoms with van der Waals surface area (Å²) in [5.74, 6) is -2.26. The fourth-order valence-corrected chi connectivity index (χ4v) is 2.53. The largest absolute Gasteiger partial charge is 0.322 e. The highest BCUT2D eigenvalue weighted by molar-refractivity contribution is 8.23. The lowest BCUT2D eigenvalue weighted by Gasteiger charge is -2.14. The van der Waals surface area contributed by atoms with Crippen molar-refractivity contribution in [3.05, 3.63) is 29.8 Å². The third-order valence-electron chi connectivity index (χ3n) is 2.35. The molecule has 1 aromatic rings. The van der Waals surface area contributed by atoms with E-state index < -0.39 is 17.5 Å². The van der Waals surface area contributed by atoms with E-state index in [0.717, 1.165) is 17.0 Å². The summed E-state index contributed by atoms with van der Waals surface area (Å²) < 4.78 is 26.3. The number of hydrogen-bond acceptors (Lipinski definition) is 4. The summed E-state index contributed by atoms with van der Waals surface area (Å²) in [6, 6.07) is 2.80. The molecule has 8 heteroatoms. The molecular formula is C11H8F2N2O2S2. The van der Waals surface area contributed by atoms with E-state index in [4.69, 9.17) is 12.2 Å². The average Bonchev–Trinajstić information content (AvgIpc) is 2.65. The normalized spacial score (nSPS) is 14.9. The number of amides is 2. The first-order chi connectivity index (χ1) is 8.97. The molecule has 0 unspecified atom stereocenters. The highest BCUT2D eigenvalue weighted by atomic mass is 32.2. The Kier molecular flexibility index (Phi) is 4.11. The van der Waals surface area contributed by atoms with Crippen LogP contribution in [0, 0.1) is 11.6 Å². The molecule has 2 rings (SSSR count). The van der Waals surface area contributed by atoms with Gasteiger partial charge in [-0.2, -0.15) is 0 Å². The van der Waals surface area contributed by atoms with Crippen LogP contribution in [0.2, 0.25) is 0 Å². The molecule has 1 saturated heterocycles. The van der Waals surface area contributed by atoms with Gasteiger partial charge in [0.15, 0.2) is 0 Å². The third kappa shape index (κ3) is 3.27. The van der Waals surface area contributed by atoms with Gasteiger partial charge in [-0.15, -0.1) is 0 Å². The molecule has 1 aromatic carbocycles. The van der Waals surface area contributed by atoms with Crippen LogP contribution in [0.25, 0.3) is 0 Å². The van der Waals surface area contributed by atoms with Crippen LogP contribution >= 0.6 is 24.0 Å². The molecule has 0 atom stereocenters. The van der Waals surface area contributed by atoms with Gasteiger partial charge in [0.2, 0.25) is 11.8 Å². The van der Waals surface area contributed by atoms with Gasteiger partial charge in [-0.25, -0.2) is 8.78 Å². The number of nitrogens with zero attached hydrogens (tertiary/aromatic N) is 1. The van der Waals surface area contributed by atoms with E-state index >= 15 is 0 Å². The lowest BCUT2D eigenvalue weighted by molar-refractivity contribution is -0.128. The predicted molar refractivity (Wildman–Crippen MR) is 71.8 cm³/mol. The Morgan fingerprint density at radius 2 is 2.21 bits per heavy atom. The summed E-state index contributed by atoms with van der Waals surface area (Å²) in [7, 11) is 0. The van der Waals surface area contributed by atoms with E-state index in [9.17, 15) is 18.4 Å². The van der Waals surface area contributed by atoms with Gasteiger partial charge in [-0.3, -0.25) is 14.5 Å². The maximum Gasteiger partial charge on any atom is 0.244 e. The van der Waals surface area contributed by atoms with Gasteiger partial charge in [0.1, 0.15) is 22.5 Å². The topological polar surface area (TPSA) is 49.4 Å². The number of benzene rings is 1. The van der Waals surface area contributed by atoms with Crippen molar-refractivity contribution in [2.24, 2.45) is 0 Å². The molecule has 0 bridgehead atoms. The molecule has 0 aliphatic carbocycles. The van der Waals surface area contributed by atoms with Crippen LogP contribution in [0.3, 0.4) is 0 Å². The van der Waals surface area contributed by atoms with E-state index in [2.05, 4.69) is 5.32 Å². The van der Waals surface area contributed by atoms with Crippen LogP contribution in [0.1, 0.15) is 0 Å². The Morgan fingerprint density at radius 3 is 2.79 bits per heavy atom. The first-order valence-electron chi connectivity index (χ1n) is 5.19. The zero-order valence-corrected chi connectivity index (χ0v) is 11.1. The van der Waals surface area contributed by atoms with Gasteiger partial charge in [-0.1, -0.05) is 24.0 Å². The standard InChI is InChI=1S/C11H8F2N2O2S2/c12-6-1-2-8(7(13)3-6)14-9(16)4-15-10(17)5-19-11(15)18/h1-3H,4-5H2,(H,14,16). The van der Waals surface area contributed by atoms with Gasteiger partial charge in [0.25, 0.3) is 0 Å². The Balaban J connectivity index is 2.01. The maximum absolute atomic E-state index is 13.3. The zero-order valence-electron chi connectivity index (χ0n) is 9.48. The van der Waals surface area contributed by atoms with Gasteiger partial charge < -0.3 is 5.32 Å². The summed E-state index contributed by atoms with van der Waals surface area (Å²) >= 11 is 6.08. The number of thioether (sulfide) groups is 1. The van der Waals surface area contributed by atoms with Crippen LogP contribution in [0.5, 0.6) is 0 Å². The van der Waals surface area contributed by atoms with Crippen molar-refractivity contribution in [2.45, 2.75) is 0 Å². The quantitative estimate of drug-likeness (QED) is 0.865. The molecule has 100 valence electrons. The summed E-state index contributed by atoms with van der Waals surface area (Å²) in [5, 5.41) is 2.26. The molecule has 1 aliphatic heterocycles. The maximum atomic E-state index is 13.3. The van der Waals surface area contributed by atoms with Crippen molar-refractivity contribution in [2.75, 3.05) is 17.6 Å². The molecule has 1 heterocycles. The van der Waals surface area contributed by atoms with Gasteiger partial charge >= 0.3 is 0 Å². The second-order valence-corrected chi connectivity index (χ2v) is 5.32. The average molecular weight is 302 g/mol. The van der Waals surface area contributed by atoms with Crippen LogP contribution in [-0.2, 0) is 9.59 Å². The third-order valence-corrected chi connectivity index (χ3v) is 3.78. The van der Waals surface area contributed by atoms with E-state index in [-0.39, 0.29) is 23.9 Å². The second-order valence-electron chi connectivity index (χ2n) is 3.71. The molecule has 0 spiro atoms.